The van der Waals surface area contributed by atoms with Crippen molar-refractivity contribution >= 4 is 23.2 Å². The van der Waals surface area contributed by atoms with Crippen molar-refractivity contribution in [3.63, 3.8) is 0 Å². The zero-order valence-corrected chi connectivity index (χ0v) is 13.4. The van der Waals surface area contributed by atoms with E-state index in [1.165, 1.54) is 0 Å². The highest BCUT2D eigenvalue weighted by Crippen LogP contribution is 2.62. The van der Waals surface area contributed by atoms with Gasteiger partial charge in [0.1, 0.15) is 5.41 Å². The maximum absolute atomic E-state index is 12.9. The van der Waals surface area contributed by atoms with E-state index in [2.05, 4.69) is 5.32 Å². The van der Waals surface area contributed by atoms with Crippen molar-refractivity contribution < 1.29 is 14.4 Å². The third-order valence-corrected chi connectivity index (χ3v) is 5.72. The SMILES string of the molecule is Cc1ccc(NC(=O)C23CCC(C(=O)C2=O)C3(C)C)c(C)c1. The van der Waals surface area contributed by atoms with Crippen LogP contribution in [0.5, 0.6) is 0 Å². The molecule has 2 aliphatic carbocycles. The number of anilines is 1. The molecule has 1 amide bonds. The molecule has 0 spiro atoms. The molecule has 0 aromatic heterocycles. The van der Waals surface area contributed by atoms with Gasteiger partial charge in [-0.3, -0.25) is 14.4 Å². The van der Waals surface area contributed by atoms with E-state index in [4.69, 9.17) is 0 Å². The lowest BCUT2D eigenvalue weighted by Gasteiger charge is -2.34. The molecule has 2 bridgehead atoms. The second kappa shape index (κ2) is 4.51. The Balaban J connectivity index is 1.98. The summed E-state index contributed by atoms with van der Waals surface area (Å²) in [6.45, 7) is 7.65. The molecule has 0 radical (unpaired) electrons. The van der Waals surface area contributed by atoms with Gasteiger partial charge in [0.15, 0.2) is 0 Å². The van der Waals surface area contributed by atoms with Crippen LogP contribution in [0, 0.1) is 30.6 Å². The summed E-state index contributed by atoms with van der Waals surface area (Å²) in [5, 5.41) is 2.89. The number of Topliss-reactive ketones (excluding diaryl/α,β-unsaturated/α-hetero) is 2. The van der Waals surface area contributed by atoms with E-state index in [1.807, 2.05) is 45.9 Å². The lowest BCUT2D eigenvalue weighted by Crippen LogP contribution is -2.47. The van der Waals surface area contributed by atoms with E-state index in [0.29, 0.717) is 18.5 Å². The van der Waals surface area contributed by atoms with Crippen LogP contribution in [0.25, 0.3) is 0 Å². The van der Waals surface area contributed by atoms with Gasteiger partial charge in [-0.2, -0.15) is 0 Å². The molecule has 4 heteroatoms. The monoisotopic (exact) mass is 299 g/mol. The minimum atomic E-state index is -1.20. The minimum absolute atomic E-state index is 0.315. The van der Waals surface area contributed by atoms with Crippen molar-refractivity contribution in [3.8, 4) is 0 Å². The number of rotatable bonds is 2. The fourth-order valence-corrected chi connectivity index (χ4v) is 4.27. The van der Waals surface area contributed by atoms with E-state index in [-0.39, 0.29) is 17.6 Å². The Labute approximate surface area is 130 Å². The molecule has 2 atom stereocenters. The van der Waals surface area contributed by atoms with E-state index in [9.17, 15) is 14.4 Å². The first-order valence-electron chi connectivity index (χ1n) is 7.69. The van der Waals surface area contributed by atoms with Crippen LogP contribution >= 0.6 is 0 Å². The Kier molecular flexibility index (Phi) is 3.06. The third-order valence-electron chi connectivity index (χ3n) is 5.72. The van der Waals surface area contributed by atoms with Crippen LogP contribution in [-0.4, -0.2) is 17.5 Å². The maximum Gasteiger partial charge on any atom is 0.239 e. The van der Waals surface area contributed by atoms with Crippen molar-refractivity contribution in [2.45, 2.75) is 40.5 Å². The summed E-state index contributed by atoms with van der Waals surface area (Å²) in [6, 6.07) is 5.75. The Morgan fingerprint density at radius 3 is 2.45 bits per heavy atom. The normalized spacial score (nSPS) is 29.0. The number of hydrogen-bond acceptors (Lipinski definition) is 3. The molecule has 116 valence electrons. The number of amides is 1. The molecule has 2 saturated carbocycles. The molecule has 0 saturated heterocycles. The van der Waals surface area contributed by atoms with Gasteiger partial charge in [0, 0.05) is 11.6 Å². The zero-order valence-electron chi connectivity index (χ0n) is 13.4. The average Bonchev–Trinajstić information content (AvgIpc) is 2.78. The Bertz CT molecular complexity index is 704. The van der Waals surface area contributed by atoms with E-state index < -0.39 is 16.6 Å². The maximum atomic E-state index is 12.9. The number of aryl methyl sites for hydroxylation is 2. The summed E-state index contributed by atoms with van der Waals surface area (Å²) in [5.41, 5.74) is 0.961. The lowest BCUT2D eigenvalue weighted by atomic mass is 9.68. The molecule has 2 fully saturated rings. The fourth-order valence-electron chi connectivity index (χ4n) is 4.27. The first-order chi connectivity index (χ1) is 10.2. The predicted octanol–water partition coefficient (Wildman–Crippen LogP) is 2.82. The van der Waals surface area contributed by atoms with Gasteiger partial charge >= 0.3 is 0 Å². The molecule has 0 aliphatic heterocycles. The summed E-state index contributed by atoms with van der Waals surface area (Å²) in [7, 11) is 0. The summed E-state index contributed by atoms with van der Waals surface area (Å²) in [5.74, 6) is -1.52. The number of hydrogen-bond donors (Lipinski definition) is 1. The van der Waals surface area contributed by atoms with Crippen LogP contribution in [0.15, 0.2) is 18.2 Å². The van der Waals surface area contributed by atoms with E-state index >= 15 is 0 Å². The van der Waals surface area contributed by atoms with E-state index in [1.54, 1.807) is 0 Å². The van der Waals surface area contributed by atoms with Gasteiger partial charge < -0.3 is 5.32 Å². The van der Waals surface area contributed by atoms with Crippen LogP contribution in [0.2, 0.25) is 0 Å². The topological polar surface area (TPSA) is 63.2 Å². The summed E-state index contributed by atoms with van der Waals surface area (Å²) < 4.78 is 0. The van der Waals surface area contributed by atoms with Crippen LogP contribution in [0.1, 0.15) is 37.8 Å². The molecular formula is C18H21NO3. The molecule has 4 nitrogen and oxygen atoms in total. The van der Waals surface area contributed by atoms with Gasteiger partial charge in [0.05, 0.1) is 0 Å². The quantitative estimate of drug-likeness (QED) is 0.674. The summed E-state index contributed by atoms with van der Waals surface area (Å²) in [4.78, 5) is 37.5. The van der Waals surface area contributed by atoms with Gasteiger partial charge in [-0.25, -0.2) is 0 Å². The zero-order chi connectivity index (χ0) is 16.3. The standard InChI is InChI=1S/C18H21NO3/c1-10-5-6-13(11(2)9-10)19-16(22)18-8-7-12(17(18,3)4)14(20)15(18)21/h5-6,9,12H,7-8H2,1-4H3,(H,19,22). The molecule has 22 heavy (non-hydrogen) atoms. The molecule has 1 N–H and O–H groups in total. The number of carbonyl (C=O) groups excluding carboxylic acids is 3. The van der Waals surface area contributed by atoms with E-state index in [0.717, 1.165) is 11.1 Å². The summed E-state index contributed by atoms with van der Waals surface area (Å²) >= 11 is 0. The van der Waals surface area contributed by atoms with Crippen molar-refractivity contribution in [2.24, 2.45) is 16.7 Å². The fraction of sp³-hybridized carbons (Fsp3) is 0.500. The molecule has 2 unspecified atom stereocenters. The van der Waals surface area contributed by atoms with Crippen LogP contribution < -0.4 is 5.32 Å². The number of nitrogens with one attached hydrogen (secondary N) is 1. The second-order valence-electron chi connectivity index (χ2n) is 7.18. The van der Waals surface area contributed by atoms with Crippen molar-refractivity contribution in [1.29, 1.82) is 0 Å². The summed E-state index contributed by atoms with van der Waals surface area (Å²) in [6.07, 6.45) is 1.09. The second-order valence-corrected chi connectivity index (χ2v) is 7.18. The highest BCUT2D eigenvalue weighted by Gasteiger charge is 2.72. The first-order valence-corrected chi connectivity index (χ1v) is 7.69. The van der Waals surface area contributed by atoms with Gasteiger partial charge in [0.25, 0.3) is 0 Å². The third kappa shape index (κ3) is 1.67. The molecular weight excluding hydrogens is 278 g/mol. The lowest BCUT2D eigenvalue weighted by molar-refractivity contribution is -0.147. The molecule has 2 aliphatic rings. The van der Waals surface area contributed by atoms with Crippen LogP contribution in [-0.2, 0) is 14.4 Å². The van der Waals surface area contributed by atoms with Gasteiger partial charge in [-0.1, -0.05) is 31.5 Å². The molecule has 0 heterocycles. The van der Waals surface area contributed by atoms with Crippen molar-refractivity contribution in [1.82, 2.24) is 0 Å². The van der Waals surface area contributed by atoms with Gasteiger partial charge in [-0.05, 0) is 43.7 Å². The smallest absolute Gasteiger partial charge is 0.239 e. The molecule has 1 aromatic carbocycles. The Morgan fingerprint density at radius 1 is 1.23 bits per heavy atom. The number of carbonyl (C=O) groups is 3. The van der Waals surface area contributed by atoms with Crippen molar-refractivity contribution in [3.05, 3.63) is 29.3 Å². The molecule has 3 rings (SSSR count). The first kappa shape index (κ1) is 14.9. The number of fused-ring (bicyclic) bond motifs is 2. The van der Waals surface area contributed by atoms with Crippen LogP contribution in [0.3, 0.4) is 0 Å². The molecule has 1 aromatic rings. The number of ketones is 2. The highest BCUT2D eigenvalue weighted by molar-refractivity contribution is 6.48. The van der Waals surface area contributed by atoms with Gasteiger partial charge in [-0.15, -0.1) is 0 Å². The van der Waals surface area contributed by atoms with Gasteiger partial charge in [0.2, 0.25) is 17.5 Å². The number of benzene rings is 1. The predicted molar refractivity (Wildman–Crippen MR) is 83.5 cm³/mol. The van der Waals surface area contributed by atoms with Crippen LogP contribution in [0.4, 0.5) is 5.69 Å². The Morgan fingerprint density at radius 2 is 1.91 bits per heavy atom. The van der Waals surface area contributed by atoms with Crippen molar-refractivity contribution in [2.75, 3.05) is 5.32 Å². The minimum Gasteiger partial charge on any atom is -0.325 e. The average molecular weight is 299 g/mol. The highest BCUT2D eigenvalue weighted by atomic mass is 16.2. The Hall–Kier alpha value is -1.97. The largest absolute Gasteiger partial charge is 0.325 e.